The van der Waals surface area contributed by atoms with Gasteiger partial charge < -0.3 is 20.4 Å². The van der Waals surface area contributed by atoms with Crippen LogP contribution in [0.4, 0.5) is 4.79 Å². The number of hydrogen-bond acceptors (Lipinski definition) is 3. The van der Waals surface area contributed by atoms with Gasteiger partial charge in [-0.25, -0.2) is 4.79 Å². The minimum Gasteiger partial charge on any atom is -0.350 e. The van der Waals surface area contributed by atoms with E-state index in [0.717, 1.165) is 0 Å². The first-order valence-electron chi connectivity index (χ1n) is 7.35. The fraction of sp³-hybridized carbons (Fsp3) is 0.786. The van der Waals surface area contributed by atoms with Crippen molar-refractivity contribution in [3.8, 4) is 0 Å². The van der Waals surface area contributed by atoms with Crippen molar-refractivity contribution in [3.05, 3.63) is 0 Å². The molecule has 2 fully saturated rings. The maximum atomic E-state index is 12.3. The van der Waals surface area contributed by atoms with Gasteiger partial charge in [0.1, 0.15) is 12.6 Å². The Hall–Kier alpha value is -1.79. The highest BCUT2D eigenvalue weighted by molar-refractivity contribution is 5.91. The number of hydrogen-bond donors (Lipinski definition) is 2. The summed E-state index contributed by atoms with van der Waals surface area (Å²) < 4.78 is 0. The molecule has 0 aromatic heterocycles. The zero-order chi connectivity index (χ0) is 15.8. The Morgan fingerprint density at radius 3 is 2.52 bits per heavy atom. The normalized spacial score (nSPS) is 26.9. The molecule has 118 valence electrons. The van der Waals surface area contributed by atoms with E-state index in [2.05, 4.69) is 10.6 Å². The molecule has 2 rings (SSSR count). The predicted octanol–water partition coefficient (Wildman–Crippen LogP) is -0.0843. The average Bonchev–Trinajstić information content (AvgIpc) is 2.69. The number of nitrogens with zero attached hydrogens (tertiary/aromatic N) is 2. The summed E-state index contributed by atoms with van der Waals surface area (Å²) >= 11 is 0. The van der Waals surface area contributed by atoms with E-state index in [0.29, 0.717) is 19.5 Å². The molecule has 0 bridgehead atoms. The van der Waals surface area contributed by atoms with Crippen LogP contribution in [-0.4, -0.2) is 64.9 Å². The van der Waals surface area contributed by atoms with Crippen LogP contribution in [0.2, 0.25) is 0 Å². The molecular weight excluding hydrogens is 272 g/mol. The van der Waals surface area contributed by atoms with E-state index in [9.17, 15) is 14.4 Å². The Bertz CT molecular complexity index is 458. The minimum absolute atomic E-state index is 0.0417. The van der Waals surface area contributed by atoms with E-state index < -0.39 is 6.04 Å². The van der Waals surface area contributed by atoms with Gasteiger partial charge in [-0.05, 0) is 34.1 Å². The number of carbonyl (C=O) groups is 3. The van der Waals surface area contributed by atoms with Crippen LogP contribution in [0.3, 0.4) is 0 Å². The molecule has 2 atom stereocenters. The average molecular weight is 296 g/mol. The topological polar surface area (TPSA) is 81.8 Å². The third-order valence-corrected chi connectivity index (χ3v) is 3.84. The van der Waals surface area contributed by atoms with E-state index >= 15 is 0 Å². The molecule has 2 aliphatic rings. The monoisotopic (exact) mass is 296 g/mol. The number of nitrogens with one attached hydrogen (secondary N) is 2. The summed E-state index contributed by atoms with van der Waals surface area (Å²) in [6.07, 6.45) is 0.609. The lowest BCUT2D eigenvalue weighted by Crippen LogP contribution is -2.58. The van der Waals surface area contributed by atoms with E-state index in [-0.39, 0.29) is 36.0 Å². The summed E-state index contributed by atoms with van der Waals surface area (Å²) in [5.41, 5.74) is -0.240. The quantitative estimate of drug-likeness (QED) is 0.710. The van der Waals surface area contributed by atoms with Gasteiger partial charge in [-0.15, -0.1) is 0 Å². The molecule has 0 aromatic carbocycles. The first kappa shape index (κ1) is 15.6. The highest BCUT2D eigenvalue weighted by atomic mass is 16.2. The number of rotatable bonds is 1. The van der Waals surface area contributed by atoms with Crippen LogP contribution in [-0.2, 0) is 9.59 Å². The lowest BCUT2D eigenvalue weighted by Gasteiger charge is -2.33. The lowest BCUT2D eigenvalue weighted by atomic mass is 10.1. The van der Waals surface area contributed by atoms with Crippen molar-refractivity contribution < 1.29 is 14.4 Å². The SMILES string of the molecule is CC1CN(C(=O)NC2CCN(C(C)(C)C)C2=O)CC(=O)N1. The van der Waals surface area contributed by atoms with Crippen molar-refractivity contribution >= 4 is 17.8 Å². The Morgan fingerprint density at radius 1 is 1.33 bits per heavy atom. The number of amides is 4. The van der Waals surface area contributed by atoms with Crippen LogP contribution in [0.1, 0.15) is 34.1 Å². The molecule has 7 nitrogen and oxygen atoms in total. The Kier molecular flexibility index (Phi) is 4.11. The summed E-state index contributed by atoms with van der Waals surface area (Å²) in [5.74, 6) is -0.219. The summed E-state index contributed by atoms with van der Waals surface area (Å²) in [6, 6.07) is -0.898. The summed E-state index contributed by atoms with van der Waals surface area (Å²) in [7, 11) is 0. The van der Waals surface area contributed by atoms with Gasteiger partial charge in [0.05, 0.1) is 0 Å². The van der Waals surface area contributed by atoms with Crippen LogP contribution in [0, 0.1) is 0 Å². The zero-order valence-electron chi connectivity index (χ0n) is 13.1. The third kappa shape index (κ3) is 3.46. The van der Waals surface area contributed by atoms with Gasteiger partial charge in [0, 0.05) is 24.7 Å². The molecule has 2 unspecified atom stereocenters. The van der Waals surface area contributed by atoms with Gasteiger partial charge in [0.15, 0.2) is 0 Å². The molecule has 0 radical (unpaired) electrons. The molecule has 2 N–H and O–H groups in total. The number of piperazine rings is 1. The van der Waals surface area contributed by atoms with E-state index in [1.54, 1.807) is 4.90 Å². The standard InChI is InChI=1S/C14H24N4O3/c1-9-7-17(8-11(19)15-9)13(21)16-10-5-6-18(12(10)20)14(2,3)4/h9-10H,5-8H2,1-4H3,(H,15,19)(H,16,21). The molecule has 2 heterocycles. The van der Waals surface area contributed by atoms with E-state index in [4.69, 9.17) is 0 Å². The molecule has 2 saturated heterocycles. The van der Waals surface area contributed by atoms with Gasteiger partial charge in [-0.2, -0.15) is 0 Å². The Morgan fingerprint density at radius 2 is 2.00 bits per heavy atom. The molecule has 4 amide bonds. The summed E-state index contributed by atoms with van der Waals surface area (Å²) in [5, 5.41) is 5.51. The number of likely N-dealkylation sites (tertiary alicyclic amines) is 1. The zero-order valence-corrected chi connectivity index (χ0v) is 13.1. The van der Waals surface area contributed by atoms with Gasteiger partial charge >= 0.3 is 6.03 Å². The molecular formula is C14H24N4O3. The van der Waals surface area contributed by atoms with Crippen molar-refractivity contribution in [1.29, 1.82) is 0 Å². The van der Waals surface area contributed by atoms with Crippen molar-refractivity contribution in [2.75, 3.05) is 19.6 Å². The number of urea groups is 1. The molecule has 7 heteroatoms. The van der Waals surface area contributed by atoms with Crippen LogP contribution in [0.25, 0.3) is 0 Å². The van der Waals surface area contributed by atoms with E-state index in [1.165, 1.54) is 4.90 Å². The van der Waals surface area contributed by atoms with Crippen LogP contribution >= 0.6 is 0 Å². The van der Waals surface area contributed by atoms with Gasteiger partial charge in [-0.3, -0.25) is 9.59 Å². The number of carbonyl (C=O) groups excluding carboxylic acids is 3. The van der Waals surface area contributed by atoms with Crippen LogP contribution in [0.15, 0.2) is 0 Å². The second-order valence-corrected chi connectivity index (χ2v) is 6.80. The maximum Gasteiger partial charge on any atom is 0.318 e. The lowest BCUT2D eigenvalue weighted by molar-refractivity contribution is -0.133. The third-order valence-electron chi connectivity index (χ3n) is 3.84. The van der Waals surface area contributed by atoms with E-state index in [1.807, 2.05) is 27.7 Å². The Balaban J connectivity index is 1.95. The molecule has 21 heavy (non-hydrogen) atoms. The molecule has 0 aliphatic carbocycles. The largest absolute Gasteiger partial charge is 0.350 e. The minimum atomic E-state index is -0.489. The maximum absolute atomic E-state index is 12.3. The predicted molar refractivity (Wildman–Crippen MR) is 77.6 cm³/mol. The highest BCUT2D eigenvalue weighted by Gasteiger charge is 2.39. The van der Waals surface area contributed by atoms with Crippen molar-refractivity contribution in [3.63, 3.8) is 0 Å². The van der Waals surface area contributed by atoms with Gasteiger partial charge in [-0.1, -0.05) is 0 Å². The highest BCUT2D eigenvalue weighted by Crippen LogP contribution is 2.22. The second kappa shape index (κ2) is 5.54. The summed E-state index contributed by atoms with van der Waals surface area (Å²) in [4.78, 5) is 39.2. The van der Waals surface area contributed by atoms with Crippen molar-refractivity contribution in [2.45, 2.75) is 51.7 Å². The van der Waals surface area contributed by atoms with Crippen molar-refractivity contribution in [1.82, 2.24) is 20.4 Å². The summed E-state index contributed by atoms with van der Waals surface area (Å²) in [6.45, 7) is 8.92. The second-order valence-electron chi connectivity index (χ2n) is 6.80. The fourth-order valence-corrected chi connectivity index (χ4v) is 2.81. The first-order valence-corrected chi connectivity index (χ1v) is 7.35. The molecule has 2 aliphatic heterocycles. The van der Waals surface area contributed by atoms with Crippen molar-refractivity contribution in [2.24, 2.45) is 0 Å². The van der Waals surface area contributed by atoms with Gasteiger partial charge in [0.2, 0.25) is 11.8 Å². The van der Waals surface area contributed by atoms with Gasteiger partial charge in [0.25, 0.3) is 0 Å². The van der Waals surface area contributed by atoms with Crippen LogP contribution in [0.5, 0.6) is 0 Å². The Labute approximate surface area is 125 Å². The smallest absolute Gasteiger partial charge is 0.318 e. The molecule has 0 spiro atoms. The first-order chi connectivity index (χ1) is 9.68. The molecule has 0 aromatic rings. The van der Waals surface area contributed by atoms with Crippen LogP contribution < -0.4 is 10.6 Å². The molecule has 0 saturated carbocycles. The fourth-order valence-electron chi connectivity index (χ4n) is 2.81.